The van der Waals surface area contributed by atoms with Gasteiger partial charge >= 0.3 is 0 Å². The van der Waals surface area contributed by atoms with Gasteiger partial charge in [0.1, 0.15) is 11.9 Å². The summed E-state index contributed by atoms with van der Waals surface area (Å²) in [4.78, 5) is 0. The molecule has 0 heterocycles. The molecule has 0 aliphatic heterocycles. The number of halogens is 1. The molecule has 1 saturated carbocycles. The molecule has 0 unspecified atom stereocenters. The van der Waals surface area contributed by atoms with E-state index < -0.39 is 5.82 Å². The minimum absolute atomic E-state index is 0.102. The predicted octanol–water partition coefficient (Wildman–Crippen LogP) is 2.27. The number of nitriles is 1. The van der Waals surface area contributed by atoms with Crippen LogP contribution in [0.4, 0.5) is 10.1 Å². The Morgan fingerprint density at radius 3 is 2.85 bits per heavy atom. The standard InChI is InChI=1S/C10H9FN2/c11-10-4-3-9(5-7(10)6-12)13-8-1-2-8/h3-5,8,13H,1-2H2. The minimum atomic E-state index is -0.455. The highest BCUT2D eigenvalue weighted by Gasteiger charge is 2.20. The van der Waals surface area contributed by atoms with Crippen molar-refractivity contribution in [2.45, 2.75) is 18.9 Å². The second kappa shape index (κ2) is 3.06. The molecule has 0 radical (unpaired) electrons. The summed E-state index contributed by atoms with van der Waals surface area (Å²) in [6.45, 7) is 0. The summed E-state index contributed by atoms with van der Waals surface area (Å²) < 4.78 is 12.9. The molecular formula is C10H9FN2. The molecule has 1 aliphatic rings. The van der Waals surface area contributed by atoms with Gasteiger partial charge in [0.05, 0.1) is 5.56 Å². The SMILES string of the molecule is N#Cc1cc(NC2CC2)ccc1F. The Morgan fingerprint density at radius 2 is 2.23 bits per heavy atom. The molecule has 0 amide bonds. The Hall–Kier alpha value is -1.56. The molecule has 1 aromatic carbocycles. The Bertz CT molecular complexity index is 364. The normalized spacial score (nSPS) is 15.1. The Labute approximate surface area is 76.0 Å². The van der Waals surface area contributed by atoms with Crippen LogP contribution in [0, 0.1) is 17.1 Å². The van der Waals surface area contributed by atoms with Crippen molar-refractivity contribution in [3.63, 3.8) is 0 Å². The maximum atomic E-state index is 12.9. The predicted molar refractivity (Wildman–Crippen MR) is 47.8 cm³/mol. The molecule has 0 atom stereocenters. The van der Waals surface area contributed by atoms with Gasteiger partial charge in [-0.1, -0.05) is 0 Å². The third-order valence-electron chi connectivity index (χ3n) is 2.03. The fourth-order valence-corrected chi connectivity index (χ4v) is 1.16. The molecule has 3 heteroatoms. The van der Waals surface area contributed by atoms with Gasteiger partial charge in [-0.3, -0.25) is 0 Å². The van der Waals surface area contributed by atoms with Crippen LogP contribution in [0.25, 0.3) is 0 Å². The van der Waals surface area contributed by atoms with E-state index in [2.05, 4.69) is 5.32 Å². The summed E-state index contributed by atoms with van der Waals surface area (Å²) in [6, 6.07) is 6.87. The van der Waals surface area contributed by atoms with E-state index >= 15 is 0 Å². The maximum absolute atomic E-state index is 12.9. The van der Waals surface area contributed by atoms with Crippen LogP contribution < -0.4 is 5.32 Å². The molecule has 0 bridgehead atoms. The van der Waals surface area contributed by atoms with E-state index in [1.165, 1.54) is 18.9 Å². The molecule has 2 nitrogen and oxygen atoms in total. The highest BCUT2D eigenvalue weighted by molar-refractivity contribution is 5.51. The van der Waals surface area contributed by atoms with Crippen molar-refractivity contribution < 1.29 is 4.39 Å². The van der Waals surface area contributed by atoms with Crippen molar-refractivity contribution in [3.8, 4) is 6.07 Å². The van der Waals surface area contributed by atoms with Gasteiger partial charge < -0.3 is 5.32 Å². The molecular weight excluding hydrogens is 167 g/mol. The van der Waals surface area contributed by atoms with Gasteiger partial charge in [-0.15, -0.1) is 0 Å². The fourth-order valence-electron chi connectivity index (χ4n) is 1.16. The molecule has 1 aromatic rings. The fraction of sp³-hybridized carbons (Fsp3) is 0.300. The zero-order chi connectivity index (χ0) is 9.26. The maximum Gasteiger partial charge on any atom is 0.141 e. The number of rotatable bonds is 2. The van der Waals surface area contributed by atoms with Gasteiger partial charge in [0.25, 0.3) is 0 Å². The van der Waals surface area contributed by atoms with Crippen LogP contribution in [-0.2, 0) is 0 Å². The molecule has 2 rings (SSSR count). The number of nitrogens with one attached hydrogen (secondary N) is 1. The lowest BCUT2D eigenvalue weighted by Crippen LogP contribution is -2.01. The lowest BCUT2D eigenvalue weighted by atomic mass is 10.2. The zero-order valence-electron chi connectivity index (χ0n) is 7.05. The van der Waals surface area contributed by atoms with E-state index in [-0.39, 0.29) is 5.56 Å². The summed E-state index contributed by atoms with van der Waals surface area (Å²) in [6.07, 6.45) is 2.33. The van der Waals surface area contributed by atoms with Gasteiger partial charge in [-0.2, -0.15) is 5.26 Å². The van der Waals surface area contributed by atoms with Gasteiger partial charge in [0.2, 0.25) is 0 Å². The van der Waals surface area contributed by atoms with E-state index in [4.69, 9.17) is 5.26 Å². The molecule has 1 aliphatic carbocycles. The van der Waals surface area contributed by atoms with Crippen molar-refractivity contribution in [2.75, 3.05) is 5.32 Å². The van der Waals surface area contributed by atoms with E-state index in [1.54, 1.807) is 12.1 Å². The van der Waals surface area contributed by atoms with Gasteiger partial charge in [0, 0.05) is 11.7 Å². The Balaban J connectivity index is 2.22. The minimum Gasteiger partial charge on any atom is -0.382 e. The average molecular weight is 176 g/mol. The van der Waals surface area contributed by atoms with E-state index in [0.717, 1.165) is 5.69 Å². The molecule has 66 valence electrons. The number of hydrogen-bond acceptors (Lipinski definition) is 2. The summed E-state index contributed by atoms with van der Waals surface area (Å²) in [5.74, 6) is -0.455. The third kappa shape index (κ3) is 1.78. The average Bonchev–Trinajstić information content (AvgIpc) is 2.92. The molecule has 0 spiro atoms. The number of benzene rings is 1. The first-order valence-corrected chi connectivity index (χ1v) is 4.26. The molecule has 13 heavy (non-hydrogen) atoms. The summed E-state index contributed by atoms with van der Waals surface area (Å²) >= 11 is 0. The largest absolute Gasteiger partial charge is 0.382 e. The molecule has 0 aromatic heterocycles. The lowest BCUT2D eigenvalue weighted by Gasteiger charge is -2.04. The summed E-state index contributed by atoms with van der Waals surface area (Å²) in [5, 5.41) is 11.8. The van der Waals surface area contributed by atoms with Crippen molar-refractivity contribution >= 4 is 5.69 Å². The van der Waals surface area contributed by atoms with Crippen LogP contribution in [0.5, 0.6) is 0 Å². The highest BCUT2D eigenvalue weighted by atomic mass is 19.1. The second-order valence-electron chi connectivity index (χ2n) is 3.23. The van der Waals surface area contributed by atoms with Crippen molar-refractivity contribution in [1.82, 2.24) is 0 Å². The summed E-state index contributed by atoms with van der Waals surface area (Å²) in [7, 11) is 0. The number of nitrogens with zero attached hydrogens (tertiary/aromatic N) is 1. The third-order valence-corrected chi connectivity index (χ3v) is 2.03. The molecule has 1 fully saturated rings. The second-order valence-corrected chi connectivity index (χ2v) is 3.23. The zero-order valence-corrected chi connectivity index (χ0v) is 7.05. The van der Waals surface area contributed by atoms with E-state index in [1.807, 2.05) is 6.07 Å². The number of anilines is 1. The van der Waals surface area contributed by atoms with Gasteiger partial charge in [0.15, 0.2) is 0 Å². The Kier molecular flexibility index (Phi) is 1.90. The van der Waals surface area contributed by atoms with Crippen LogP contribution in [0.2, 0.25) is 0 Å². The van der Waals surface area contributed by atoms with Crippen LogP contribution in [0.1, 0.15) is 18.4 Å². The first kappa shape index (κ1) is 8.06. The van der Waals surface area contributed by atoms with Crippen LogP contribution in [-0.4, -0.2) is 6.04 Å². The molecule has 0 saturated heterocycles. The van der Waals surface area contributed by atoms with E-state index in [9.17, 15) is 4.39 Å². The van der Waals surface area contributed by atoms with Crippen molar-refractivity contribution in [3.05, 3.63) is 29.6 Å². The topological polar surface area (TPSA) is 35.8 Å². The lowest BCUT2D eigenvalue weighted by molar-refractivity contribution is 0.624. The quantitative estimate of drug-likeness (QED) is 0.750. The first-order valence-electron chi connectivity index (χ1n) is 4.26. The smallest absolute Gasteiger partial charge is 0.141 e. The van der Waals surface area contributed by atoms with Crippen LogP contribution in [0.15, 0.2) is 18.2 Å². The monoisotopic (exact) mass is 176 g/mol. The highest BCUT2D eigenvalue weighted by Crippen LogP contribution is 2.25. The van der Waals surface area contributed by atoms with Gasteiger partial charge in [-0.05, 0) is 31.0 Å². The molecule has 1 N–H and O–H groups in total. The Morgan fingerprint density at radius 1 is 1.46 bits per heavy atom. The summed E-state index contributed by atoms with van der Waals surface area (Å²) in [5.41, 5.74) is 0.936. The van der Waals surface area contributed by atoms with Crippen molar-refractivity contribution in [2.24, 2.45) is 0 Å². The number of hydrogen-bond donors (Lipinski definition) is 1. The van der Waals surface area contributed by atoms with E-state index in [0.29, 0.717) is 6.04 Å². The van der Waals surface area contributed by atoms with Crippen LogP contribution in [0.3, 0.4) is 0 Å². The van der Waals surface area contributed by atoms with Gasteiger partial charge in [-0.25, -0.2) is 4.39 Å². The van der Waals surface area contributed by atoms with Crippen molar-refractivity contribution in [1.29, 1.82) is 5.26 Å². The first-order chi connectivity index (χ1) is 6.29. The van der Waals surface area contributed by atoms with Crippen LogP contribution >= 0.6 is 0 Å².